The number of hydrogen-bond acceptors (Lipinski definition) is 6. The first-order valence-corrected chi connectivity index (χ1v) is 14.8. The Bertz CT molecular complexity index is 1060. The molecular formula is C31H49N5O5. The number of amides is 4. The van der Waals surface area contributed by atoms with E-state index >= 15 is 0 Å². The van der Waals surface area contributed by atoms with Crippen LogP contribution in [0.1, 0.15) is 84.5 Å². The maximum Gasteiger partial charge on any atom is 0.246 e. The molecule has 4 amide bonds. The molecule has 41 heavy (non-hydrogen) atoms. The molecule has 1 aliphatic heterocycles. The second kappa shape index (κ2) is 15.7. The van der Waals surface area contributed by atoms with Crippen LogP contribution in [0.5, 0.6) is 0 Å². The monoisotopic (exact) mass is 571 g/mol. The van der Waals surface area contributed by atoms with Crippen LogP contribution in [0.2, 0.25) is 0 Å². The number of carbonyl (C=O) groups is 5. The highest BCUT2D eigenvalue weighted by Crippen LogP contribution is 2.24. The van der Waals surface area contributed by atoms with E-state index in [0.29, 0.717) is 37.8 Å². The van der Waals surface area contributed by atoms with E-state index in [1.807, 2.05) is 33.8 Å². The third-order valence-corrected chi connectivity index (χ3v) is 7.67. The van der Waals surface area contributed by atoms with E-state index in [-0.39, 0.29) is 29.4 Å². The van der Waals surface area contributed by atoms with Crippen molar-refractivity contribution in [2.75, 3.05) is 6.54 Å². The summed E-state index contributed by atoms with van der Waals surface area (Å²) < 4.78 is 0. The number of rotatable bonds is 14. The number of nitrogens with one attached hydrogen (secondary N) is 3. The number of ketones is 1. The minimum absolute atomic E-state index is 0.0615. The van der Waals surface area contributed by atoms with Crippen LogP contribution in [-0.4, -0.2) is 71.1 Å². The SMILES string of the molecule is CC[C@H](C)[C@H](NC(=O)[C@H](CC(C)C)NC(=O)[C@@H](NC(=O)[C@H](C)N)C(C)C)C(=O)N1CCC[C@H]1C(=O)c1ccccc1. The Hall–Kier alpha value is -3.27. The fourth-order valence-corrected chi connectivity index (χ4v) is 5.00. The minimum atomic E-state index is -0.921. The van der Waals surface area contributed by atoms with Gasteiger partial charge in [-0.15, -0.1) is 0 Å². The normalized spacial score (nSPS) is 18.8. The van der Waals surface area contributed by atoms with Gasteiger partial charge in [0, 0.05) is 12.1 Å². The first-order valence-electron chi connectivity index (χ1n) is 14.8. The van der Waals surface area contributed by atoms with Crippen molar-refractivity contribution in [3.8, 4) is 0 Å². The summed E-state index contributed by atoms with van der Waals surface area (Å²) in [6.07, 6.45) is 2.23. The van der Waals surface area contributed by atoms with E-state index in [2.05, 4.69) is 16.0 Å². The number of carbonyl (C=O) groups excluding carboxylic acids is 5. The standard InChI is InChI=1S/C31H49N5O5/c1-8-20(6)26(31(41)36-16-12-15-24(36)27(37)22-13-10-9-11-14-22)35-29(39)23(17-18(2)3)33-30(40)25(19(4)5)34-28(38)21(7)32/h9-11,13-14,18-21,23-26H,8,12,15-17,32H2,1-7H3,(H,33,40)(H,34,38)(H,35,39)/t20-,21-,23-,24-,25-,26-/m0/s1. The van der Waals surface area contributed by atoms with Crippen molar-refractivity contribution in [3.05, 3.63) is 35.9 Å². The van der Waals surface area contributed by atoms with Crippen molar-refractivity contribution in [3.63, 3.8) is 0 Å². The first-order chi connectivity index (χ1) is 19.3. The molecule has 0 radical (unpaired) electrons. The van der Waals surface area contributed by atoms with E-state index in [1.54, 1.807) is 43.0 Å². The van der Waals surface area contributed by atoms with Crippen molar-refractivity contribution in [2.45, 2.75) is 104 Å². The number of hydrogen-bond donors (Lipinski definition) is 4. The van der Waals surface area contributed by atoms with E-state index in [4.69, 9.17) is 5.73 Å². The van der Waals surface area contributed by atoms with Crippen LogP contribution in [0.4, 0.5) is 0 Å². The van der Waals surface area contributed by atoms with Crippen molar-refractivity contribution >= 4 is 29.4 Å². The topological polar surface area (TPSA) is 151 Å². The van der Waals surface area contributed by atoms with Gasteiger partial charge in [-0.3, -0.25) is 24.0 Å². The Balaban J connectivity index is 2.26. The largest absolute Gasteiger partial charge is 0.343 e. The van der Waals surface area contributed by atoms with Gasteiger partial charge in [0.2, 0.25) is 23.6 Å². The molecule has 0 unspecified atom stereocenters. The van der Waals surface area contributed by atoms with E-state index in [1.165, 1.54) is 6.92 Å². The fraction of sp³-hybridized carbons (Fsp3) is 0.645. The lowest BCUT2D eigenvalue weighted by atomic mass is 9.95. The van der Waals surface area contributed by atoms with Gasteiger partial charge in [0.15, 0.2) is 5.78 Å². The zero-order valence-electron chi connectivity index (χ0n) is 25.6. The summed E-state index contributed by atoms with van der Waals surface area (Å²) in [6, 6.07) is 4.90. The highest BCUT2D eigenvalue weighted by molar-refractivity contribution is 6.03. The molecule has 1 saturated heterocycles. The molecule has 1 fully saturated rings. The Kier molecular flexibility index (Phi) is 13.0. The molecule has 1 aliphatic rings. The number of nitrogens with zero attached hydrogens (tertiary/aromatic N) is 1. The quantitative estimate of drug-likeness (QED) is 0.252. The third-order valence-electron chi connectivity index (χ3n) is 7.67. The Morgan fingerprint density at radius 3 is 2.02 bits per heavy atom. The van der Waals surface area contributed by atoms with Gasteiger partial charge in [-0.1, -0.05) is 78.3 Å². The number of Topliss-reactive ketones (excluding diaryl/α,β-unsaturated/α-hetero) is 1. The predicted octanol–water partition coefficient (Wildman–Crippen LogP) is 2.41. The number of nitrogens with two attached hydrogens (primary N) is 1. The lowest BCUT2D eigenvalue weighted by molar-refractivity contribution is -0.139. The van der Waals surface area contributed by atoms with Gasteiger partial charge in [0.25, 0.3) is 0 Å². The van der Waals surface area contributed by atoms with Gasteiger partial charge < -0.3 is 26.6 Å². The average molecular weight is 572 g/mol. The predicted molar refractivity (Wildman–Crippen MR) is 159 cm³/mol. The Morgan fingerprint density at radius 1 is 0.878 bits per heavy atom. The van der Waals surface area contributed by atoms with E-state index in [0.717, 1.165) is 0 Å². The van der Waals surface area contributed by atoms with Gasteiger partial charge in [-0.25, -0.2) is 0 Å². The van der Waals surface area contributed by atoms with Gasteiger partial charge >= 0.3 is 0 Å². The van der Waals surface area contributed by atoms with Gasteiger partial charge in [-0.05, 0) is 43.9 Å². The van der Waals surface area contributed by atoms with Crippen LogP contribution in [0, 0.1) is 17.8 Å². The van der Waals surface area contributed by atoms with Crippen LogP contribution in [-0.2, 0) is 19.2 Å². The maximum atomic E-state index is 13.9. The third kappa shape index (κ3) is 9.38. The molecule has 0 aromatic heterocycles. The Morgan fingerprint density at radius 2 is 1.49 bits per heavy atom. The molecule has 0 saturated carbocycles. The molecule has 1 heterocycles. The molecule has 5 N–H and O–H groups in total. The van der Waals surface area contributed by atoms with Crippen LogP contribution < -0.4 is 21.7 Å². The van der Waals surface area contributed by atoms with Crippen molar-refractivity contribution < 1.29 is 24.0 Å². The Labute approximate surface area is 244 Å². The van der Waals surface area contributed by atoms with Gasteiger partial charge in [-0.2, -0.15) is 0 Å². The summed E-state index contributed by atoms with van der Waals surface area (Å²) in [6.45, 7) is 13.3. The summed E-state index contributed by atoms with van der Waals surface area (Å²) in [4.78, 5) is 67.9. The highest BCUT2D eigenvalue weighted by atomic mass is 16.2. The lowest BCUT2D eigenvalue weighted by Crippen LogP contribution is -2.60. The average Bonchev–Trinajstić information content (AvgIpc) is 3.42. The molecule has 0 bridgehead atoms. The van der Waals surface area contributed by atoms with Crippen LogP contribution in [0.25, 0.3) is 0 Å². The second-order valence-corrected chi connectivity index (χ2v) is 12.0. The summed E-state index contributed by atoms with van der Waals surface area (Å²) >= 11 is 0. The maximum absolute atomic E-state index is 13.9. The number of benzene rings is 1. The first kappa shape index (κ1) is 33.9. The van der Waals surface area contributed by atoms with Crippen molar-refractivity contribution in [1.82, 2.24) is 20.9 Å². The molecule has 10 nitrogen and oxygen atoms in total. The summed E-state index contributed by atoms with van der Waals surface area (Å²) in [5.41, 5.74) is 6.23. The van der Waals surface area contributed by atoms with E-state index in [9.17, 15) is 24.0 Å². The summed E-state index contributed by atoms with van der Waals surface area (Å²) in [7, 11) is 0. The molecule has 1 aromatic rings. The molecule has 1 aromatic carbocycles. The zero-order valence-corrected chi connectivity index (χ0v) is 25.6. The number of likely N-dealkylation sites (tertiary alicyclic amines) is 1. The fourth-order valence-electron chi connectivity index (χ4n) is 5.00. The molecular weight excluding hydrogens is 522 g/mol. The molecule has 0 spiro atoms. The highest BCUT2D eigenvalue weighted by Gasteiger charge is 2.40. The molecule has 6 atom stereocenters. The second-order valence-electron chi connectivity index (χ2n) is 12.0. The smallest absolute Gasteiger partial charge is 0.246 e. The summed E-state index contributed by atoms with van der Waals surface area (Å²) in [5, 5.41) is 8.39. The van der Waals surface area contributed by atoms with Crippen molar-refractivity contribution in [1.29, 1.82) is 0 Å². The van der Waals surface area contributed by atoms with Gasteiger partial charge in [0.1, 0.15) is 18.1 Å². The lowest BCUT2D eigenvalue weighted by Gasteiger charge is -2.33. The molecule has 228 valence electrons. The minimum Gasteiger partial charge on any atom is -0.343 e. The van der Waals surface area contributed by atoms with Crippen molar-refractivity contribution in [2.24, 2.45) is 23.5 Å². The van der Waals surface area contributed by atoms with Gasteiger partial charge in [0.05, 0.1) is 12.1 Å². The zero-order chi connectivity index (χ0) is 30.9. The van der Waals surface area contributed by atoms with E-state index < -0.39 is 47.9 Å². The summed E-state index contributed by atoms with van der Waals surface area (Å²) in [5.74, 6) is -2.22. The molecule has 0 aliphatic carbocycles. The van der Waals surface area contributed by atoms with Crippen LogP contribution in [0.3, 0.4) is 0 Å². The van der Waals surface area contributed by atoms with Crippen LogP contribution in [0.15, 0.2) is 30.3 Å². The molecule has 2 rings (SSSR count). The van der Waals surface area contributed by atoms with Crippen LogP contribution >= 0.6 is 0 Å². The molecule has 10 heteroatoms.